The minimum absolute atomic E-state index is 0.0311. The number of imide groups is 1. The number of hydrogen-bond donors (Lipinski definition) is 0. The Morgan fingerprint density at radius 2 is 1.84 bits per heavy atom. The minimum atomic E-state index is -0.390. The van der Waals surface area contributed by atoms with Crippen molar-refractivity contribution in [1.29, 1.82) is 0 Å². The van der Waals surface area contributed by atoms with Gasteiger partial charge in [0, 0.05) is 40.8 Å². The number of carbonyl (C=O) groups is 3. The standard InChI is InChI=1S/C24H22ClN3O3S/c1-3-26(4-2)22(29)15-27-14-16(19-10-5-6-11-20(19)27)12-21-23(30)28(24(31)32-21)18-9-7-8-17(25)13-18/h5-14H,3-4,15H2,1-2H3/b21-12-. The van der Waals surface area contributed by atoms with E-state index >= 15 is 0 Å². The van der Waals surface area contributed by atoms with Gasteiger partial charge >= 0.3 is 0 Å². The van der Waals surface area contributed by atoms with Crippen molar-refractivity contribution in [2.75, 3.05) is 18.0 Å². The molecule has 2 aromatic carbocycles. The van der Waals surface area contributed by atoms with Crippen molar-refractivity contribution < 1.29 is 14.4 Å². The van der Waals surface area contributed by atoms with Gasteiger partial charge in [-0.05, 0) is 56.0 Å². The third-order valence-electron chi connectivity index (χ3n) is 5.39. The highest BCUT2D eigenvalue weighted by Gasteiger charge is 2.36. The predicted molar refractivity (Wildman–Crippen MR) is 130 cm³/mol. The maximum atomic E-state index is 13.0. The summed E-state index contributed by atoms with van der Waals surface area (Å²) >= 11 is 6.93. The van der Waals surface area contributed by atoms with Gasteiger partial charge in [-0.1, -0.05) is 35.9 Å². The Labute approximate surface area is 195 Å². The molecule has 1 saturated heterocycles. The number of rotatable bonds is 6. The zero-order chi connectivity index (χ0) is 22.8. The molecular formula is C24H22ClN3O3S. The van der Waals surface area contributed by atoms with Gasteiger partial charge in [-0.25, -0.2) is 4.90 Å². The number of nitrogens with zero attached hydrogens (tertiary/aromatic N) is 3. The molecular weight excluding hydrogens is 446 g/mol. The molecule has 0 N–H and O–H groups in total. The van der Waals surface area contributed by atoms with Crippen molar-refractivity contribution in [1.82, 2.24) is 9.47 Å². The fraction of sp³-hybridized carbons (Fsp3) is 0.208. The summed E-state index contributed by atoms with van der Waals surface area (Å²) in [5, 5.41) is 0.991. The van der Waals surface area contributed by atoms with E-state index in [0.29, 0.717) is 28.7 Å². The van der Waals surface area contributed by atoms with E-state index in [-0.39, 0.29) is 17.7 Å². The Balaban J connectivity index is 1.69. The highest BCUT2D eigenvalue weighted by Crippen LogP contribution is 2.37. The first-order chi connectivity index (χ1) is 15.4. The van der Waals surface area contributed by atoms with Crippen LogP contribution in [-0.4, -0.2) is 39.6 Å². The summed E-state index contributed by atoms with van der Waals surface area (Å²) in [4.78, 5) is 41.5. The van der Waals surface area contributed by atoms with Crippen LogP contribution in [0.25, 0.3) is 17.0 Å². The first-order valence-electron chi connectivity index (χ1n) is 10.3. The van der Waals surface area contributed by atoms with Crippen molar-refractivity contribution >= 4 is 63.1 Å². The summed E-state index contributed by atoms with van der Waals surface area (Å²) in [6, 6.07) is 14.4. The molecule has 8 heteroatoms. The Morgan fingerprint density at radius 3 is 2.56 bits per heavy atom. The van der Waals surface area contributed by atoms with E-state index in [4.69, 9.17) is 11.6 Å². The molecule has 1 aliphatic rings. The van der Waals surface area contributed by atoms with Crippen LogP contribution in [0, 0.1) is 0 Å². The molecule has 1 fully saturated rings. The monoisotopic (exact) mass is 467 g/mol. The summed E-state index contributed by atoms with van der Waals surface area (Å²) in [5.74, 6) is -0.359. The van der Waals surface area contributed by atoms with Gasteiger partial charge in [-0.3, -0.25) is 14.4 Å². The van der Waals surface area contributed by atoms with Crippen molar-refractivity contribution in [3.05, 3.63) is 70.2 Å². The quantitative estimate of drug-likeness (QED) is 0.455. The topological polar surface area (TPSA) is 62.6 Å². The fourth-order valence-electron chi connectivity index (χ4n) is 3.79. The maximum absolute atomic E-state index is 13.0. The first-order valence-corrected chi connectivity index (χ1v) is 11.5. The largest absolute Gasteiger partial charge is 0.342 e. The zero-order valence-corrected chi connectivity index (χ0v) is 19.3. The van der Waals surface area contributed by atoms with Gasteiger partial charge in [0.2, 0.25) is 5.91 Å². The number of carbonyl (C=O) groups excluding carboxylic acids is 3. The summed E-state index contributed by atoms with van der Waals surface area (Å²) in [5.41, 5.74) is 2.12. The van der Waals surface area contributed by atoms with E-state index in [1.54, 1.807) is 35.2 Å². The van der Waals surface area contributed by atoms with Crippen molar-refractivity contribution in [3.8, 4) is 0 Å². The lowest BCUT2D eigenvalue weighted by Gasteiger charge is -2.19. The number of halogens is 1. The Bertz CT molecular complexity index is 1250. The van der Waals surface area contributed by atoms with Crippen LogP contribution in [0.4, 0.5) is 10.5 Å². The number of likely N-dealkylation sites (N-methyl/N-ethyl adjacent to an activating group) is 1. The van der Waals surface area contributed by atoms with E-state index in [1.807, 2.05) is 48.9 Å². The number of benzene rings is 2. The lowest BCUT2D eigenvalue weighted by Crippen LogP contribution is -2.33. The Hall–Kier alpha value is -3.03. The molecule has 0 spiro atoms. The van der Waals surface area contributed by atoms with Crippen LogP contribution in [-0.2, 0) is 16.1 Å². The number of fused-ring (bicyclic) bond motifs is 1. The zero-order valence-electron chi connectivity index (χ0n) is 17.7. The SMILES string of the molecule is CCN(CC)C(=O)Cn1cc(/C=C2\SC(=O)N(c3cccc(Cl)c3)C2=O)c2ccccc21. The summed E-state index contributed by atoms with van der Waals surface area (Å²) in [7, 11) is 0. The number of hydrogen-bond acceptors (Lipinski definition) is 4. The summed E-state index contributed by atoms with van der Waals surface area (Å²) in [6.07, 6.45) is 3.58. The lowest BCUT2D eigenvalue weighted by molar-refractivity contribution is -0.131. The average molecular weight is 468 g/mol. The van der Waals surface area contributed by atoms with Crippen LogP contribution in [0.3, 0.4) is 0 Å². The molecule has 0 radical (unpaired) electrons. The van der Waals surface area contributed by atoms with Crippen LogP contribution in [0.15, 0.2) is 59.6 Å². The summed E-state index contributed by atoms with van der Waals surface area (Å²) in [6.45, 7) is 5.42. The van der Waals surface area contributed by atoms with Crippen molar-refractivity contribution in [2.45, 2.75) is 20.4 Å². The molecule has 0 aliphatic carbocycles. The van der Waals surface area contributed by atoms with Crippen LogP contribution < -0.4 is 4.90 Å². The predicted octanol–water partition coefficient (Wildman–Crippen LogP) is 5.40. The maximum Gasteiger partial charge on any atom is 0.298 e. The molecule has 164 valence electrons. The number of thioether (sulfide) groups is 1. The minimum Gasteiger partial charge on any atom is -0.342 e. The van der Waals surface area contributed by atoms with Crippen molar-refractivity contribution in [3.63, 3.8) is 0 Å². The second-order valence-corrected chi connectivity index (χ2v) is 8.72. The fourth-order valence-corrected chi connectivity index (χ4v) is 4.81. The Kier molecular flexibility index (Phi) is 6.39. The number of para-hydroxylation sites is 1. The first kappa shape index (κ1) is 22.2. The van der Waals surface area contributed by atoms with Gasteiger partial charge in [0.1, 0.15) is 6.54 Å². The molecule has 0 bridgehead atoms. The van der Waals surface area contributed by atoms with E-state index in [1.165, 1.54) is 0 Å². The molecule has 2 heterocycles. The van der Waals surface area contributed by atoms with Gasteiger partial charge in [-0.2, -0.15) is 0 Å². The smallest absolute Gasteiger partial charge is 0.298 e. The van der Waals surface area contributed by atoms with E-state index in [9.17, 15) is 14.4 Å². The molecule has 3 amide bonds. The average Bonchev–Trinajstić information content (AvgIpc) is 3.25. The normalized spacial score (nSPS) is 15.2. The Morgan fingerprint density at radius 1 is 1.09 bits per heavy atom. The summed E-state index contributed by atoms with van der Waals surface area (Å²) < 4.78 is 1.89. The van der Waals surface area contributed by atoms with E-state index in [0.717, 1.165) is 33.1 Å². The van der Waals surface area contributed by atoms with Gasteiger partial charge in [0.25, 0.3) is 11.1 Å². The van der Waals surface area contributed by atoms with Crippen molar-refractivity contribution in [2.24, 2.45) is 0 Å². The molecule has 0 atom stereocenters. The highest BCUT2D eigenvalue weighted by atomic mass is 35.5. The third-order valence-corrected chi connectivity index (χ3v) is 6.49. The molecule has 1 aromatic heterocycles. The number of anilines is 1. The van der Waals surface area contributed by atoms with Crippen LogP contribution in [0.5, 0.6) is 0 Å². The number of aromatic nitrogens is 1. The molecule has 4 rings (SSSR count). The second-order valence-electron chi connectivity index (χ2n) is 7.29. The lowest BCUT2D eigenvalue weighted by atomic mass is 10.1. The van der Waals surface area contributed by atoms with Gasteiger partial charge in [0.05, 0.1) is 10.6 Å². The van der Waals surface area contributed by atoms with Gasteiger partial charge in [0.15, 0.2) is 0 Å². The molecule has 0 saturated carbocycles. The highest BCUT2D eigenvalue weighted by molar-refractivity contribution is 8.19. The molecule has 32 heavy (non-hydrogen) atoms. The van der Waals surface area contributed by atoms with E-state index in [2.05, 4.69) is 0 Å². The molecule has 3 aromatic rings. The molecule has 0 unspecified atom stereocenters. The molecule has 6 nitrogen and oxygen atoms in total. The third kappa shape index (κ3) is 4.18. The van der Waals surface area contributed by atoms with Crippen LogP contribution >= 0.6 is 23.4 Å². The van der Waals surface area contributed by atoms with E-state index < -0.39 is 5.91 Å². The number of amides is 3. The van der Waals surface area contributed by atoms with Gasteiger partial charge < -0.3 is 9.47 Å². The molecule has 1 aliphatic heterocycles. The van der Waals surface area contributed by atoms with Crippen LogP contribution in [0.2, 0.25) is 5.02 Å². The second kappa shape index (κ2) is 9.22. The van der Waals surface area contributed by atoms with Gasteiger partial charge in [-0.15, -0.1) is 0 Å². The van der Waals surface area contributed by atoms with Crippen LogP contribution in [0.1, 0.15) is 19.4 Å².